The molecule has 1 aromatic carbocycles. The Morgan fingerprint density at radius 1 is 1.37 bits per heavy atom. The summed E-state index contributed by atoms with van der Waals surface area (Å²) in [6.07, 6.45) is 3.29. The highest BCUT2D eigenvalue weighted by atomic mass is 79.9. The van der Waals surface area contributed by atoms with Crippen LogP contribution in [0.25, 0.3) is 0 Å². The fourth-order valence-electron chi connectivity index (χ4n) is 2.02. The van der Waals surface area contributed by atoms with Gasteiger partial charge in [-0.15, -0.1) is 0 Å². The van der Waals surface area contributed by atoms with Gasteiger partial charge >= 0.3 is 0 Å². The lowest BCUT2D eigenvalue weighted by Crippen LogP contribution is -2.25. The number of halogens is 2. The van der Waals surface area contributed by atoms with E-state index in [1.807, 2.05) is 18.2 Å². The minimum absolute atomic E-state index is 0.0800. The lowest BCUT2D eigenvalue weighted by molar-refractivity contribution is 0.438. The zero-order valence-electron chi connectivity index (χ0n) is 10.8. The minimum atomic E-state index is -0.191. The van der Waals surface area contributed by atoms with E-state index in [4.69, 9.17) is 4.42 Å². The monoisotopic (exact) mass is 325 g/mol. The number of nitrogens with one attached hydrogen (secondary N) is 1. The van der Waals surface area contributed by atoms with E-state index in [9.17, 15) is 4.39 Å². The van der Waals surface area contributed by atoms with Gasteiger partial charge in [0.25, 0.3) is 0 Å². The van der Waals surface area contributed by atoms with Crippen molar-refractivity contribution in [1.82, 2.24) is 5.32 Å². The first-order valence-corrected chi connectivity index (χ1v) is 7.20. The highest BCUT2D eigenvalue weighted by Crippen LogP contribution is 2.25. The lowest BCUT2D eigenvalue weighted by atomic mass is 10.0. The van der Waals surface area contributed by atoms with Gasteiger partial charge in [0.15, 0.2) is 0 Å². The predicted molar refractivity (Wildman–Crippen MR) is 77.5 cm³/mol. The van der Waals surface area contributed by atoms with E-state index in [1.54, 1.807) is 12.3 Å². The molecule has 4 heteroatoms. The Morgan fingerprint density at radius 3 is 2.89 bits per heavy atom. The summed E-state index contributed by atoms with van der Waals surface area (Å²) < 4.78 is 20.2. The summed E-state index contributed by atoms with van der Waals surface area (Å²) in [6.45, 7) is 2.94. The van der Waals surface area contributed by atoms with Crippen LogP contribution in [-0.2, 0) is 6.42 Å². The van der Waals surface area contributed by atoms with Gasteiger partial charge in [-0.3, -0.25) is 0 Å². The molecule has 0 radical (unpaired) electrons. The molecule has 1 aromatic heterocycles. The van der Waals surface area contributed by atoms with E-state index >= 15 is 0 Å². The summed E-state index contributed by atoms with van der Waals surface area (Å²) in [4.78, 5) is 0. The second-order valence-electron chi connectivity index (χ2n) is 4.46. The molecule has 1 unspecified atom stereocenters. The van der Waals surface area contributed by atoms with Crippen LogP contribution in [0.3, 0.4) is 0 Å². The van der Waals surface area contributed by atoms with Crippen LogP contribution >= 0.6 is 15.9 Å². The van der Waals surface area contributed by atoms with Crippen molar-refractivity contribution < 1.29 is 8.81 Å². The van der Waals surface area contributed by atoms with Gasteiger partial charge in [-0.2, -0.15) is 0 Å². The molecule has 1 heterocycles. The maximum atomic E-state index is 14.0. The van der Waals surface area contributed by atoms with Crippen molar-refractivity contribution in [2.75, 3.05) is 6.54 Å². The molecular formula is C15H17BrFNO. The predicted octanol–water partition coefficient (Wildman–Crippen LogP) is 4.46. The Balaban J connectivity index is 2.23. The van der Waals surface area contributed by atoms with Crippen molar-refractivity contribution >= 4 is 15.9 Å². The first-order valence-electron chi connectivity index (χ1n) is 6.41. The van der Waals surface area contributed by atoms with Crippen LogP contribution in [0.2, 0.25) is 0 Å². The van der Waals surface area contributed by atoms with Gasteiger partial charge in [0.05, 0.1) is 6.26 Å². The van der Waals surface area contributed by atoms with Gasteiger partial charge in [0.1, 0.15) is 11.6 Å². The third kappa shape index (κ3) is 3.91. The Bertz CT molecular complexity index is 513. The fourth-order valence-corrected chi connectivity index (χ4v) is 2.40. The van der Waals surface area contributed by atoms with Gasteiger partial charge in [-0.05, 0) is 43.3 Å². The maximum absolute atomic E-state index is 14.0. The Labute approximate surface area is 121 Å². The average Bonchev–Trinajstić information content (AvgIpc) is 2.90. The van der Waals surface area contributed by atoms with Gasteiger partial charge in [0, 0.05) is 22.5 Å². The van der Waals surface area contributed by atoms with E-state index in [1.165, 1.54) is 6.07 Å². The van der Waals surface area contributed by atoms with Crippen LogP contribution in [0.4, 0.5) is 4.39 Å². The van der Waals surface area contributed by atoms with Crippen molar-refractivity contribution in [2.45, 2.75) is 25.8 Å². The van der Waals surface area contributed by atoms with Crippen molar-refractivity contribution in [3.63, 3.8) is 0 Å². The minimum Gasteiger partial charge on any atom is -0.469 e. The highest BCUT2D eigenvalue weighted by molar-refractivity contribution is 9.10. The normalized spacial score (nSPS) is 12.6. The third-order valence-electron chi connectivity index (χ3n) is 2.96. The zero-order valence-corrected chi connectivity index (χ0v) is 12.4. The summed E-state index contributed by atoms with van der Waals surface area (Å²) in [5.74, 6) is 0.663. The zero-order chi connectivity index (χ0) is 13.7. The van der Waals surface area contributed by atoms with Crippen molar-refractivity contribution in [2.24, 2.45) is 0 Å². The molecule has 102 valence electrons. The molecule has 2 rings (SSSR count). The molecule has 19 heavy (non-hydrogen) atoms. The molecule has 1 atom stereocenters. The van der Waals surface area contributed by atoms with E-state index in [2.05, 4.69) is 28.2 Å². The fraction of sp³-hybridized carbons (Fsp3) is 0.333. The van der Waals surface area contributed by atoms with Crippen LogP contribution in [0.1, 0.15) is 30.7 Å². The highest BCUT2D eigenvalue weighted by Gasteiger charge is 2.17. The standard InChI is InChI=1S/C15H17BrFNO/c1-2-7-18-15(10-12-4-3-8-19-12)13-9-11(16)5-6-14(13)17/h3-6,8-9,15,18H,2,7,10H2,1H3. The van der Waals surface area contributed by atoms with Crippen molar-refractivity contribution in [3.05, 3.63) is 58.2 Å². The molecule has 2 aromatic rings. The summed E-state index contributed by atoms with van der Waals surface area (Å²) in [5.41, 5.74) is 0.666. The van der Waals surface area contributed by atoms with Crippen LogP contribution in [0.5, 0.6) is 0 Å². The number of benzene rings is 1. The third-order valence-corrected chi connectivity index (χ3v) is 3.45. The summed E-state index contributed by atoms with van der Waals surface area (Å²) in [7, 11) is 0. The number of furan rings is 1. The van der Waals surface area contributed by atoms with E-state index in [0.29, 0.717) is 12.0 Å². The van der Waals surface area contributed by atoms with Gasteiger partial charge in [-0.25, -0.2) is 4.39 Å². The molecule has 0 saturated carbocycles. The molecule has 0 spiro atoms. The summed E-state index contributed by atoms with van der Waals surface area (Å²) in [5, 5.41) is 3.37. The quantitative estimate of drug-likeness (QED) is 0.847. The number of hydrogen-bond acceptors (Lipinski definition) is 2. The first-order chi connectivity index (χ1) is 9.20. The maximum Gasteiger partial charge on any atom is 0.128 e. The molecule has 0 bridgehead atoms. The Hall–Kier alpha value is -1.13. The molecule has 0 aliphatic heterocycles. The van der Waals surface area contributed by atoms with Crippen LogP contribution in [0, 0.1) is 5.82 Å². The molecule has 2 nitrogen and oxygen atoms in total. The molecule has 0 aliphatic rings. The van der Waals surface area contributed by atoms with E-state index < -0.39 is 0 Å². The SMILES string of the molecule is CCCNC(Cc1ccco1)c1cc(Br)ccc1F. The molecule has 0 amide bonds. The smallest absolute Gasteiger partial charge is 0.128 e. The van der Waals surface area contributed by atoms with Gasteiger partial charge in [0.2, 0.25) is 0 Å². The Kier molecular flexibility index (Phi) is 5.16. The van der Waals surface area contributed by atoms with Gasteiger partial charge in [-0.1, -0.05) is 22.9 Å². The van der Waals surface area contributed by atoms with Crippen LogP contribution in [0.15, 0.2) is 45.5 Å². The Morgan fingerprint density at radius 2 is 2.21 bits per heavy atom. The van der Waals surface area contributed by atoms with E-state index in [0.717, 1.165) is 23.2 Å². The molecule has 0 fully saturated rings. The number of rotatable bonds is 6. The van der Waals surface area contributed by atoms with Crippen molar-refractivity contribution in [1.29, 1.82) is 0 Å². The van der Waals surface area contributed by atoms with E-state index in [-0.39, 0.29) is 11.9 Å². The topological polar surface area (TPSA) is 25.2 Å². The average molecular weight is 326 g/mol. The van der Waals surface area contributed by atoms with Crippen LogP contribution < -0.4 is 5.32 Å². The second kappa shape index (κ2) is 6.87. The van der Waals surface area contributed by atoms with Crippen molar-refractivity contribution in [3.8, 4) is 0 Å². The van der Waals surface area contributed by atoms with Gasteiger partial charge < -0.3 is 9.73 Å². The first kappa shape index (κ1) is 14.3. The molecular weight excluding hydrogens is 309 g/mol. The lowest BCUT2D eigenvalue weighted by Gasteiger charge is -2.19. The number of hydrogen-bond donors (Lipinski definition) is 1. The van der Waals surface area contributed by atoms with Crippen LogP contribution in [-0.4, -0.2) is 6.54 Å². The summed E-state index contributed by atoms with van der Waals surface area (Å²) in [6, 6.07) is 8.71. The molecule has 0 aliphatic carbocycles. The molecule has 0 saturated heterocycles. The second-order valence-corrected chi connectivity index (χ2v) is 5.37. The summed E-state index contributed by atoms with van der Waals surface area (Å²) >= 11 is 3.39. The molecule has 1 N–H and O–H groups in total. The largest absolute Gasteiger partial charge is 0.469 e.